The number of phenolic OH excluding ortho intramolecular Hbond substituents is 1. The minimum absolute atomic E-state index is 0.231. The lowest BCUT2D eigenvalue weighted by Gasteiger charge is -2.35. The van der Waals surface area contributed by atoms with E-state index in [0.29, 0.717) is 24.2 Å². The van der Waals surface area contributed by atoms with Crippen molar-refractivity contribution in [2.24, 2.45) is 0 Å². The zero-order valence-electron chi connectivity index (χ0n) is 11.0. The largest absolute Gasteiger partial charge is 0.505 e. The molecule has 2 atom stereocenters. The van der Waals surface area contributed by atoms with Gasteiger partial charge in [0.2, 0.25) is 0 Å². The van der Waals surface area contributed by atoms with Crippen LogP contribution in [-0.4, -0.2) is 35.7 Å². The molecule has 2 unspecified atom stereocenters. The first kappa shape index (κ1) is 13.3. The Balaban J connectivity index is 1.90. The number of likely N-dealkylation sites (tertiary alicyclic amines) is 1. The van der Waals surface area contributed by atoms with Crippen molar-refractivity contribution in [1.29, 1.82) is 0 Å². The number of nitrogens with zero attached hydrogens (tertiary/aromatic N) is 1. The topological polar surface area (TPSA) is 35.5 Å². The molecule has 2 rings (SSSR count). The van der Waals surface area contributed by atoms with Crippen LogP contribution in [-0.2, 0) is 6.54 Å². The number of aromatic hydroxyl groups is 1. The maximum absolute atomic E-state index is 13.2. The second-order valence-electron chi connectivity index (χ2n) is 5.18. The molecule has 1 saturated heterocycles. The van der Waals surface area contributed by atoms with Crippen LogP contribution in [0.3, 0.4) is 0 Å². The molecule has 0 saturated carbocycles. The summed E-state index contributed by atoms with van der Waals surface area (Å²) in [5.74, 6) is -0.781. The van der Waals surface area contributed by atoms with Gasteiger partial charge >= 0.3 is 0 Å². The Morgan fingerprint density at radius 1 is 1.50 bits per heavy atom. The van der Waals surface area contributed by atoms with Gasteiger partial charge < -0.3 is 15.3 Å². The van der Waals surface area contributed by atoms with Crippen molar-refractivity contribution in [2.45, 2.75) is 38.4 Å². The van der Waals surface area contributed by atoms with Crippen molar-refractivity contribution in [3.63, 3.8) is 0 Å². The Morgan fingerprint density at radius 3 is 3.00 bits per heavy atom. The number of nitrogens with one attached hydrogen (secondary N) is 1. The van der Waals surface area contributed by atoms with Crippen LogP contribution < -0.4 is 5.32 Å². The number of para-hydroxylation sites is 1. The molecule has 1 aliphatic heterocycles. The van der Waals surface area contributed by atoms with Crippen molar-refractivity contribution >= 4 is 0 Å². The Bertz CT molecular complexity index is 411. The summed E-state index contributed by atoms with van der Waals surface area (Å²) in [4.78, 5) is 2.35. The van der Waals surface area contributed by atoms with Gasteiger partial charge in [0.1, 0.15) is 0 Å². The smallest absolute Gasteiger partial charge is 0.165 e. The summed E-state index contributed by atoms with van der Waals surface area (Å²) in [5, 5.41) is 13.0. The normalized spacial score (nSPS) is 25.3. The van der Waals surface area contributed by atoms with Gasteiger partial charge in [0.15, 0.2) is 11.6 Å². The molecule has 0 aliphatic carbocycles. The van der Waals surface area contributed by atoms with E-state index in [1.165, 1.54) is 6.07 Å². The van der Waals surface area contributed by atoms with E-state index >= 15 is 0 Å². The molecular weight excluding hydrogens is 231 g/mol. The predicted molar refractivity (Wildman–Crippen MR) is 70.0 cm³/mol. The fourth-order valence-electron chi connectivity index (χ4n) is 2.43. The molecule has 0 bridgehead atoms. The zero-order valence-corrected chi connectivity index (χ0v) is 11.0. The third-order valence-electron chi connectivity index (χ3n) is 3.86. The fourth-order valence-corrected chi connectivity index (χ4v) is 2.43. The van der Waals surface area contributed by atoms with Gasteiger partial charge in [-0.25, -0.2) is 4.39 Å². The number of benzene rings is 1. The first-order valence-electron chi connectivity index (χ1n) is 6.48. The number of piperidine rings is 1. The van der Waals surface area contributed by atoms with Gasteiger partial charge in [-0.05, 0) is 39.4 Å². The molecule has 1 aromatic rings. The van der Waals surface area contributed by atoms with Crippen LogP contribution in [0, 0.1) is 5.82 Å². The van der Waals surface area contributed by atoms with Crippen molar-refractivity contribution in [3.8, 4) is 5.75 Å². The van der Waals surface area contributed by atoms with Gasteiger partial charge in [-0.2, -0.15) is 0 Å². The molecule has 2 N–H and O–H groups in total. The maximum atomic E-state index is 13.2. The number of hydrogen-bond donors (Lipinski definition) is 2. The summed E-state index contributed by atoms with van der Waals surface area (Å²) in [7, 11) is 2.14. The van der Waals surface area contributed by atoms with Crippen molar-refractivity contribution in [3.05, 3.63) is 29.6 Å². The van der Waals surface area contributed by atoms with E-state index in [2.05, 4.69) is 24.2 Å². The Hall–Kier alpha value is -1.13. The van der Waals surface area contributed by atoms with Crippen LogP contribution in [0.15, 0.2) is 18.2 Å². The third kappa shape index (κ3) is 3.00. The van der Waals surface area contributed by atoms with Crippen molar-refractivity contribution in [2.75, 3.05) is 13.6 Å². The van der Waals surface area contributed by atoms with Crippen LogP contribution in [0.4, 0.5) is 4.39 Å². The van der Waals surface area contributed by atoms with Gasteiger partial charge in [0.05, 0.1) is 0 Å². The van der Waals surface area contributed by atoms with Crippen molar-refractivity contribution < 1.29 is 9.50 Å². The Morgan fingerprint density at radius 2 is 2.28 bits per heavy atom. The highest BCUT2D eigenvalue weighted by Gasteiger charge is 2.22. The summed E-state index contributed by atoms with van der Waals surface area (Å²) in [6.07, 6.45) is 2.18. The molecule has 18 heavy (non-hydrogen) atoms. The minimum Gasteiger partial charge on any atom is -0.505 e. The van der Waals surface area contributed by atoms with Crippen LogP contribution in [0.25, 0.3) is 0 Å². The highest BCUT2D eigenvalue weighted by atomic mass is 19.1. The standard InChI is InChI=1S/C14H21FN2O/c1-10-8-12(6-7-17(10)2)16-9-11-4-3-5-13(15)14(11)18/h3-5,10,12,16,18H,6-9H2,1-2H3. The van der Waals surface area contributed by atoms with Gasteiger partial charge in [-0.15, -0.1) is 0 Å². The summed E-state index contributed by atoms with van der Waals surface area (Å²) in [5.41, 5.74) is 0.626. The Kier molecular flexibility index (Phi) is 4.19. The van der Waals surface area contributed by atoms with Crippen LogP contribution in [0.2, 0.25) is 0 Å². The van der Waals surface area contributed by atoms with Gasteiger partial charge in [0.25, 0.3) is 0 Å². The molecule has 100 valence electrons. The highest BCUT2D eigenvalue weighted by molar-refractivity contribution is 5.33. The summed E-state index contributed by atoms with van der Waals surface area (Å²) in [6, 6.07) is 5.67. The minimum atomic E-state index is -0.550. The van der Waals surface area contributed by atoms with Crippen molar-refractivity contribution in [1.82, 2.24) is 10.2 Å². The molecule has 1 aromatic carbocycles. The third-order valence-corrected chi connectivity index (χ3v) is 3.86. The molecule has 1 fully saturated rings. The number of hydrogen-bond acceptors (Lipinski definition) is 3. The van der Waals surface area contributed by atoms with E-state index in [-0.39, 0.29) is 5.75 Å². The molecule has 0 radical (unpaired) electrons. The summed E-state index contributed by atoms with van der Waals surface area (Å²) < 4.78 is 13.2. The molecule has 0 aromatic heterocycles. The molecule has 1 aliphatic rings. The van der Waals surface area contributed by atoms with Crippen LogP contribution in [0.1, 0.15) is 25.3 Å². The fraction of sp³-hybridized carbons (Fsp3) is 0.571. The monoisotopic (exact) mass is 252 g/mol. The van der Waals surface area contributed by atoms with E-state index in [1.54, 1.807) is 12.1 Å². The number of rotatable bonds is 3. The van der Waals surface area contributed by atoms with E-state index < -0.39 is 5.82 Å². The second-order valence-corrected chi connectivity index (χ2v) is 5.18. The lowest BCUT2D eigenvalue weighted by Crippen LogP contribution is -2.45. The quantitative estimate of drug-likeness (QED) is 0.865. The average Bonchev–Trinajstić information content (AvgIpc) is 2.35. The van der Waals surface area contributed by atoms with Gasteiger partial charge in [-0.1, -0.05) is 12.1 Å². The number of halogens is 1. The van der Waals surface area contributed by atoms with Crippen LogP contribution in [0.5, 0.6) is 5.75 Å². The molecule has 4 heteroatoms. The lowest BCUT2D eigenvalue weighted by atomic mass is 9.98. The van der Waals surface area contributed by atoms with E-state index in [9.17, 15) is 9.50 Å². The van der Waals surface area contributed by atoms with E-state index in [1.807, 2.05) is 0 Å². The van der Waals surface area contributed by atoms with E-state index in [0.717, 1.165) is 19.4 Å². The maximum Gasteiger partial charge on any atom is 0.165 e. The first-order valence-corrected chi connectivity index (χ1v) is 6.48. The van der Waals surface area contributed by atoms with Gasteiger partial charge in [0, 0.05) is 24.2 Å². The summed E-state index contributed by atoms with van der Waals surface area (Å²) in [6.45, 7) is 3.81. The first-order chi connectivity index (χ1) is 8.58. The van der Waals surface area contributed by atoms with Gasteiger partial charge in [-0.3, -0.25) is 0 Å². The summed E-state index contributed by atoms with van der Waals surface area (Å²) >= 11 is 0. The molecule has 0 amide bonds. The second kappa shape index (κ2) is 5.67. The highest BCUT2D eigenvalue weighted by Crippen LogP contribution is 2.21. The zero-order chi connectivity index (χ0) is 13.1. The average molecular weight is 252 g/mol. The SMILES string of the molecule is CC1CC(NCc2cccc(F)c2O)CCN1C. The van der Waals surface area contributed by atoms with Crippen LogP contribution >= 0.6 is 0 Å². The lowest BCUT2D eigenvalue weighted by molar-refractivity contribution is 0.168. The predicted octanol–water partition coefficient (Wildman–Crippen LogP) is 2.10. The molecule has 3 nitrogen and oxygen atoms in total. The molecule has 1 heterocycles. The Labute approximate surface area is 108 Å². The number of phenols is 1. The molecule has 0 spiro atoms. The van der Waals surface area contributed by atoms with E-state index in [4.69, 9.17) is 0 Å². The molecular formula is C14H21FN2O.